The fraction of sp³-hybridized carbons (Fsp3) is 0.692. The normalized spacial score (nSPS) is 16.5. The van der Waals surface area contributed by atoms with Crippen LogP contribution in [-0.2, 0) is 6.42 Å². The van der Waals surface area contributed by atoms with Crippen molar-refractivity contribution in [2.75, 3.05) is 6.54 Å². The topological polar surface area (TPSA) is 54.0 Å². The highest BCUT2D eigenvalue weighted by Gasteiger charge is 2.15. The van der Waals surface area contributed by atoms with E-state index in [9.17, 15) is 4.79 Å². The van der Waals surface area contributed by atoms with Crippen molar-refractivity contribution in [3.05, 3.63) is 16.1 Å². The van der Waals surface area contributed by atoms with Gasteiger partial charge < -0.3 is 10.6 Å². The summed E-state index contributed by atoms with van der Waals surface area (Å²) in [5.41, 5.74) is 0. The molecule has 5 heteroatoms. The molecule has 1 aliphatic carbocycles. The zero-order valence-corrected chi connectivity index (χ0v) is 11.7. The van der Waals surface area contributed by atoms with E-state index in [1.54, 1.807) is 11.3 Å². The number of aryl methyl sites for hydroxylation is 1. The molecule has 0 radical (unpaired) electrons. The first kappa shape index (κ1) is 13.3. The summed E-state index contributed by atoms with van der Waals surface area (Å²) in [6, 6.07) is 0.354. The van der Waals surface area contributed by atoms with Gasteiger partial charge in [-0.1, -0.05) is 19.3 Å². The lowest BCUT2D eigenvalue weighted by Gasteiger charge is -2.22. The molecule has 0 bridgehead atoms. The van der Waals surface area contributed by atoms with Crippen LogP contribution in [0.25, 0.3) is 0 Å². The largest absolute Gasteiger partial charge is 0.338 e. The van der Waals surface area contributed by atoms with E-state index in [4.69, 9.17) is 0 Å². The standard InChI is InChI=1S/C13H21N3OS/c1-10-15-9-12(18-10)7-8-14-13(17)16-11-5-3-2-4-6-11/h9,11H,2-8H2,1H3,(H2,14,16,17). The number of amides is 2. The molecule has 4 nitrogen and oxygen atoms in total. The maximum Gasteiger partial charge on any atom is 0.315 e. The first-order valence-electron chi connectivity index (χ1n) is 6.70. The number of hydrogen-bond donors (Lipinski definition) is 2. The van der Waals surface area contributed by atoms with E-state index in [0.717, 1.165) is 24.3 Å². The summed E-state index contributed by atoms with van der Waals surface area (Å²) in [5.74, 6) is 0. The minimum atomic E-state index is -0.0249. The van der Waals surface area contributed by atoms with E-state index in [-0.39, 0.29) is 6.03 Å². The molecule has 100 valence electrons. The Morgan fingerprint density at radius 1 is 1.44 bits per heavy atom. The number of carbonyl (C=O) groups excluding carboxylic acids is 1. The van der Waals surface area contributed by atoms with Crippen molar-refractivity contribution in [2.45, 2.75) is 51.5 Å². The first-order chi connectivity index (χ1) is 8.74. The van der Waals surface area contributed by atoms with Crippen LogP contribution in [0.4, 0.5) is 4.79 Å². The van der Waals surface area contributed by atoms with Gasteiger partial charge in [0.1, 0.15) is 0 Å². The van der Waals surface area contributed by atoms with Gasteiger partial charge in [0.2, 0.25) is 0 Å². The van der Waals surface area contributed by atoms with Crippen LogP contribution >= 0.6 is 11.3 Å². The summed E-state index contributed by atoms with van der Waals surface area (Å²) in [6.07, 6.45) is 8.80. The monoisotopic (exact) mass is 267 g/mol. The van der Waals surface area contributed by atoms with E-state index in [1.165, 1.54) is 24.1 Å². The van der Waals surface area contributed by atoms with Gasteiger partial charge in [-0.2, -0.15) is 0 Å². The molecule has 0 saturated heterocycles. The molecule has 0 unspecified atom stereocenters. The third-order valence-corrected chi connectivity index (χ3v) is 4.24. The second kappa shape index (κ2) is 6.73. The Bertz CT molecular complexity index is 385. The van der Waals surface area contributed by atoms with Gasteiger partial charge in [-0.15, -0.1) is 11.3 Å². The highest BCUT2D eigenvalue weighted by atomic mass is 32.1. The Hall–Kier alpha value is -1.10. The van der Waals surface area contributed by atoms with Crippen molar-refractivity contribution in [3.8, 4) is 0 Å². The SMILES string of the molecule is Cc1ncc(CCNC(=O)NC2CCCCC2)s1. The Balaban J connectivity index is 1.62. The lowest BCUT2D eigenvalue weighted by atomic mass is 9.96. The summed E-state index contributed by atoms with van der Waals surface area (Å²) >= 11 is 1.69. The van der Waals surface area contributed by atoms with Gasteiger partial charge in [0.05, 0.1) is 5.01 Å². The number of hydrogen-bond acceptors (Lipinski definition) is 3. The Kier molecular flexibility index (Phi) is 4.99. The number of aromatic nitrogens is 1. The smallest absolute Gasteiger partial charge is 0.315 e. The third kappa shape index (κ3) is 4.29. The third-order valence-electron chi connectivity index (χ3n) is 3.27. The molecule has 1 aromatic heterocycles. The molecule has 1 saturated carbocycles. The van der Waals surface area contributed by atoms with Crippen LogP contribution in [0.15, 0.2) is 6.20 Å². The van der Waals surface area contributed by atoms with E-state index >= 15 is 0 Å². The molecule has 0 aliphatic heterocycles. The van der Waals surface area contributed by atoms with Crippen LogP contribution in [0, 0.1) is 6.92 Å². The molecular formula is C13H21N3OS. The van der Waals surface area contributed by atoms with E-state index in [2.05, 4.69) is 15.6 Å². The van der Waals surface area contributed by atoms with Crippen molar-refractivity contribution in [1.29, 1.82) is 0 Å². The van der Waals surface area contributed by atoms with Crippen LogP contribution in [0.2, 0.25) is 0 Å². The number of thiazole rings is 1. The lowest BCUT2D eigenvalue weighted by Crippen LogP contribution is -2.43. The second-order valence-corrected chi connectivity index (χ2v) is 6.15. The van der Waals surface area contributed by atoms with E-state index in [0.29, 0.717) is 12.6 Å². The lowest BCUT2D eigenvalue weighted by molar-refractivity contribution is 0.233. The number of urea groups is 1. The molecule has 0 spiro atoms. The fourth-order valence-electron chi connectivity index (χ4n) is 2.30. The molecule has 1 heterocycles. The van der Waals surface area contributed by atoms with E-state index < -0.39 is 0 Å². The minimum absolute atomic E-state index is 0.0249. The van der Waals surface area contributed by atoms with Gasteiger partial charge in [0.15, 0.2) is 0 Å². The van der Waals surface area contributed by atoms with Gasteiger partial charge in [0.25, 0.3) is 0 Å². The van der Waals surface area contributed by atoms with Crippen molar-refractivity contribution in [3.63, 3.8) is 0 Å². The maximum atomic E-state index is 11.7. The van der Waals surface area contributed by atoms with E-state index in [1.807, 2.05) is 13.1 Å². The maximum absolute atomic E-state index is 11.7. The molecule has 1 fully saturated rings. The molecule has 2 amide bonds. The molecule has 1 aromatic rings. The second-order valence-electron chi connectivity index (χ2n) is 4.83. The molecule has 2 N–H and O–H groups in total. The number of nitrogens with one attached hydrogen (secondary N) is 2. The molecular weight excluding hydrogens is 246 g/mol. The molecule has 18 heavy (non-hydrogen) atoms. The van der Waals surface area contributed by atoms with Gasteiger partial charge >= 0.3 is 6.03 Å². The predicted molar refractivity (Wildman–Crippen MR) is 74.0 cm³/mol. The summed E-state index contributed by atoms with van der Waals surface area (Å²) in [7, 11) is 0. The molecule has 0 atom stereocenters. The number of carbonyl (C=O) groups is 1. The summed E-state index contributed by atoms with van der Waals surface area (Å²) in [6.45, 7) is 2.68. The Morgan fingerprint density at radius 3 is 2.89 bits per heavy atom. The molecule has 1 aliphatic rings. The predicted octanol–water partition coefficient (Wildman–Crippen LogP) is 2.63. The minimum Gasteiger partial charge on any atom is -0.338 e. The highest BCUT2D eigenvalue weighted by Crippen LogP contribution is 2.17. The van der Waals surface area contributed by atoms with Gasteiger partial charge in [-0.05, 0) is 19.8 Å². The van der Waals surface area contributed by atoms with Crippen LogP contribution in [-0.4, -0.2) is 23.6 Å². The van der Waals surface area contributed by atoms with Crippen LogP contribution in [0.5, 0.6) is 0 Å². The highest BCUT2D eigenvalue weighted by molar-refractivity contribution is 7.11. The van der Waals surface area contributed by atoms with Gasteiger partial charge in [-0.25, -0.2) is 9.78 Å². The number of rotatable bonds is 4. The zero-order chi connectivity index (χ0) is 12.8. The van der Waals surface area contributed by atoms with Gasteiger partial charge in [0, 0.05) is 30.1 Å². The Morgan fingerprint density at radius 2 is 2.22 bits per heavy atom. The molecule has 2 rings (SSSR count). The average Bonchev–Trinajstić information content (AvgIpc) is 2.76. The van der Waals surface area contributed by atoms with Crippen molar-refractivity contribution >= 4 is 17.4 Å². The quantitative estimate of drug-likeness (QED) is 0.881. The van der Waals surface area contributed by atoms with Crippen molar-refractivity contribution in [1.82, 2.24) is 15.6 Å². The van der Waals surface area contributed by atoms with Crippen LogP contribution in [0.3, 0.4) is 0 Å². The zero-order valence-electron chi connectivity index (χ0n) is 10.9. The van der Waals surface area contributed by atoms with Crippen molar-refractivity contribution in [2.24, 2.45) is 0 Å². The van der Waals surface area contributed by atoms with Crippen LogP contribution in [0.1, 0.15) is 42.0 Å². The molecule has 0 aromatic carbocycles. The summed E-state index contributed by atoms with van der Waals surface area (Å²) < 4.78 is 0. The number of nitrogens with zero attached hydrogens (tertiary/aromatic N) is 1. The fourth-order valence-corrected chi connectivity index (χ4v) is 3.10. The Labute approximate surface area is 112 Å². The summed E-state index contributed by atoms with van der Waals surface area (Å²) in [4.78, 5) is 17.1. The summed E-state index contributed by atoms with van der Waals surface area (Å²) in [5, 5.41) is 7.04. The van der Waals surface area contributed by atoms with Gasteiger partial charge in [-0.3, -0.25) is 0 Å². The average molecular weight is 267 g/mol. The first-order valence-corrected chi connectivity index (χ1v) is 7.51. The van der Waals surface area contributed by atoms with Crippen molar-refractivity contribution < 1.29 is 4.79 Å². The van der Waals surface area contributed by atoms with Crippen LogP contribution < -0.4 is 10.6 Å².